The van der Waals surface area contributed by atoms with Crippen LogP contribution in [-0.2, 0) is 16.0 Å². The molecule has 2 amide bonds. The molecule has 144 valence electrons. The number of hydrogen-bond donors (Lipinski definition) is 2. The molecular weight excluding hydrogens is 358 g/mol. The Bertz CT molecular complexity index is 597. The van der Waals surface area contributed by atoms with Crippen LogP contribution in [0.1, 0.15) is 12.0 Å². The van der Waals surface area contributed by atoms with Gasteiger partial charge in [0.1, 0.15) is 0 Å². The number of urea groups is 1. The summed E-state index contributed by atoms with van der Waals surface area (Å²) < 4.78 is 5.64. The normalized spacial score (nSPS) is 17.3. The number of aliphatic carboxylic acids is 1. The van der Waals surface area contributed by atoms with Crippen molar-refractivity contribution in [3.63, 3.8) is 0 Å². The molecule has 7 nitrogen and oxygen atoms in total. The van der Waals surface area contributed by atoms with Gasteiger partial charge in [-0.15, -0.1) is 0 Å². The number of nitrogens with zero attached hydrogens (tertiary/aromatic N) is 2. The lowest BCUT2D eigenvalue weighted by Crippen LogP contribution is -2.52. The highest BCUT2D eigenvalue weighted by atomic mass is 35.5. The summed E-state index contributed by atoms with van der Waals surface area (Å²) in [5.74, 6) is -0.876. The second-order valence-corrected chi connectivity index (χ2v) is 6.93. The number of amides is 2. The molecule has 1 atom stereocenters. The van der Waals surface area contributed by atoms with Gasteiger partial charge in [0.25, 0.3) is 0 Å². The fourth-order valence-corrected chi connectivity index (χ4v) is 3.03. The number of carbonyl (C=O) groups is 2. The van der Waals surface area contributed by atoms with E-state index in [1.54, 1.807) is 16.8 Å². The van der Waals surface area contributed by atoms with E-state index in [1.165, 1.54) is 5.56 Å². The summed E-state index contributed by atoms with van der Waals surface area (Å²) in [5, 5.41) is 12.5. The number of carboxylic acids is 1. The quantitative estimate of drug-likeness (QED) is 0.668. The van der Waals surface area contributed by atoms with Crippen LogP contribution in [0, 0.1) is 0 Å². The molecule has 0 saturated carbocycles. The van der Waals surface area contributed by atoms with E-state index in [-0.39, 0.29) is 18.7 Å². The first-order valence-corrected chi connectivity index (χ1v) is 9.11. The van der Waals surface area contributed by atoms with Crippen LogP contribution >= 0.6 is 11.6 Å². The van der Waals surface area contributed by atoms with E-state index in [9.17, 15) is 9.59 Å². The van der Waals surface area contributed by atoms with Crippen LogP contribution in [0.2, 0.25) is 5.02 Å². The molecule has 1 aliphatic heterocycles. The number of benzene rings is 1. The number of ether oxygens (including phenoxy) is 1. The van der Waals surface area contributed by atoms with Gasteiger partial charge in [-0.3, -0.25) is 9.69 Å². The van der Waals surface area contributed by atoms with E-state index in [2.05, 4.69) is 5.32 Å². The second kappa shape index (κ2) is 10.4. The van der Waals surface area contributed by atoms with Crippen LogP contribution in [0.25, 0.3) is 0 Å². The van der Waals surface area contributed by atoms with Gasteiger partial charge < -0.3 is 20.1 Å². The highest BCUT2D eigenvalue weighted by Gasteiger charge is 2.25. The Morgan fingerprint density at radius 1 is 1.38 bits per heavy atom. The van der Waals surface area contributed by atoms with Gasteiger partial charge in [-0.2, -0.15) is 0 Å². The fraction of sp³-hybridized carbons (Fsp3) is 0.556. The molecule has 1 saturated heterocycles. The first-order valence-electron chi connectivity index (χ1n) is 8.73. The molecule has 1 unspecified atom stereocenters. The van der Waals surface area contributed by atoms with Gasteiger partial charge in [0.2, 0.25) is 0 Å². The Morgan fingerprint density at radius 3 is 2.81 bits per heavy atom. The SMILES string of the molecule is CN(CC(=O)O)CC1CN(C(=O)NCCCc2ccc(Cl)cc2)CCO1. The summed E-state index contributed by atoms with van der Waals surface area (Å²) in [6.07, 6.45) is 1.55. The van der Waals surface area contributed by atoms with Gasteiger partial charge in [0.05, 0.1) is 19.3 Å². The number of carbonyl (C=O) groups excluding carboxylic acids is 1. The number of rotatable bonds is 8. The maximum atomic E-state index is 12.3. The average molecular weight is 384 g/mol. The van der Waals surface area contributed by atoms with Gasteiger partial charge in [0, 0.05) is 31.2 Å². The molecule has 1 aromatic rings. The van der Waals surface area contributed by atoms with Crippen LogP contribution in [-0.4, -0.2) is 79.4 Å². The molecule has 8 heteroatoms. The van der Waals surface area contributed by atoms with Crippen LogP contribution in [0.15, 0.2) is 24.3 Å². The van der Waals surface area contributed by atoms with Crippen LogP contribution in [0.4, 0.5) is 4.79 Å². The monoisotopic (exact) mass is 383 g/mol. The van der Waals surface area contributed by atoms with Crippen LogP contribution < -0.4 is 5.32 Å². The van der Waals surface area contributed by atoms with Gasteiger partial charge in [-0.25, -0.2) is 4.79 Å². The topological polar surface area (TPSA) is 82.1 Å². The molecule has 0 aromatic heterocycles. The zero-order chi connectivity index (χ0) is 18.9. The van der Waals surface area contributed by atoms with E-state index >= 15 is 0 Å². The Labute approximate surface area is 158 Å². The van der Waals surface area contributed by atoms with Crippen molar-refractivity contribution in [3.05, 3.63) is 34.9 Å². The highest BCUT2D eigenvalue weighted by Crippen LogP contribution is 2.11. The minimum absolute atomic E-state index is 0.0449. The maximum absolute atomic E-state index is 12.3. The number of likely N-dealkylation sites (N-methyl/N-ethyl adjacent to an activating group) is 1. The predicted molar refractivity (Wildman–Crippen MR) is 99.6 cm³/mol. The Hall–Kier alpha value is -1.83. The summed E-state index contributed by atoms with van der Waals surface area (Å²) in [6.45, 7) is 2.50. The smallest absolute Gasteiger partial charge is 0.317 e. The molecule has 2 rings (SSSR count). The molecule has 2 N–H and O–H groups in total. The molecule has 0 bridgehead atoms. The summed E-state index contributed by atoms with van der Waals surface area (Å²) in [6, 6.07) is 7.61. The van der Waals surface area contributed by atoms with E-state index in [0.29, 0.717) is 32.8 Å². The van der Waals surface area contributed by atoms with Crippen molar-refractivity contribution in [1.82, 2.24) is 15.1 Å². The Kier molecular flexibility index (Phi) is 8.15. The highest BCUT2D eigenvalue weighted by molar-refractivity contribution is 6.30. The van der Waals surface area contributed by atoms with Crippen molar-refractivity contribution in [1.29, 1.82) is 0 Å². The van der Waals surface area contributed by atoms with Gasteiger partial charge in [-0.1, -0.05) is 23.7 Å². The zero-order valence-electron chi connectivity index (χ0n) is 15.0. The Morgan fingerprint density at radius 2 is 2.12 bits per heavy atom. The molecule has 0 spiro atoms. The summed E-state index contributed by atoms with van der Waals surface area (Å²) in [7, 11) is 1.73. The minimum Gasteiger partial charge on any atom is -0.480 e. The van der Waals surface area contributed by atoms with Crippen molar-refractivity contribution in [2.24, 2.45) is 0 Å². The van der Waals surface area contributed by atoms with Crippen LogP contribution in [0.3, 0.4) is 0 Å². The summed E-state index contributed by atoms with van der Waals surface area (Å²) in [4.78, 5) is 26.4. The molecule has 0 radical (unpaired) electrons. The first-order chi connectivity index (χ1) is 12.4. The van der Waals surface area contributed by atoms with E-state index < -0.39 is 5.97 Å². The van der Waals surface area contributed by atoms with Crippen molar-refractivity contribution in [2.45, 2.75) is 18.9 Å². The third kappa shape index (κ3) is 7.19. The molecule has 0 aliphatic carbocycles. The van der Waals surface area contributed by atoms with E-state index in [1.807, 2.05) is 24.3 Å². The number of carboxylic acid groups (broad SMARTS) is 1. The lowest BCUT2D eigenvalue weighted by molar-refractivity contribution is -0.138. The van der Waals surface area contributed by atoms with Crippen molar-refractivity contribution in [3.8, 4) is 0 Å². The Balaban J connectivity index is 1.67. The van der Waals surface area contributed by atoms with Crippen LogP contribution in [0.5, 0.6) is 0 Å². The predicted octanol–water partition coefficient (Wildman–Crippen LogP) is 1.70. The lowest BCUT2D eigenvalue weighted by atomic mass is 10.1. The number of nitrogens with one attached hydrogen (secondary N) is 1. The number of hydrogen-bond acceptors (Lipinski definition) is 4. The maximum Gasteiger partial charge on any atom is 0.317 e. The van der Waals surface area contributed by atoms with Gasteiger partial charge in [-0.05, 0) is 37.6 Å². The summed E-state index contributed by atoms with van der Waals surface area (Å²) >= 11 is 5.86. The number of aryl methyl sites for hydroxylation is 1. The lowest BCUT2D eigenvalue weighted by Gasteiger charge is -2.34. The third-order valence-corrected chi connectivity index (χ3v) is 4.43. The standard InChI is InChI=1S/C18H26ClN3O4/c1-21(13-17(23)24)11-16-12-22(9-10-26-16)18(25)20-8-2-3-14-4-6-15(19)7-5-14/h4-7,16H,2-3,8-13H2,1H3,(H,20,25)(H,23,24). The zero-order valence-corrected chi connectivity index (χ0v) is 15.7. The minimum atomic E-state index is -0.876. The molecule has 1 aliphatic rings. The van der Waals surface area contributed by atoms with Crippen molar-refractivity contribution >= 4 is 23.6 Å². The fourth-order valence-electron chi connectivity index (χ4n) is 2.91. The largest absolute Gasteiger partial charge is 0.480 e. The van der Waals surface area contributed by atoms with Gasteiger partial charge in [0.15, 0.2) is 0 Å². The van der Waals surface area contributed by atoms with Crippen molar-refractivity contribution < 1.29 is 19.4 Å². The molecule has 1 fully saturated rings. The summed E-state index contributed by atoms with van der Waals surface area (Å²) in [5.41, 5.74) is 1.19. The molecule has 1 aromatic carbocycles. The first kappa shape index (κ1) is 20.5. The van der Waals surface area contributed by atoms with Crippen molar-refractivity contribution in [2.75, 3.05) is 46.4 Å². The van der Waals surface area contributed by atoms with E-state index in [0.717, 1.165) is 17.9 Å². The average Bonchev–Trinajstić information content (AvgIpc) is 2.59. The molecule has 26 heavy (non-hydrogen) atoms. The second-order valence-electron chi connectivity index (χ2n) is 6.49. The third-order valence-electron chi connectivity index (χ3n) is 4.18. The van der Waals surface area contributed by atoms with Gasteiger partial charge >= 0.3 is 12.0 Å². The molecule has 1 heterocycles. The van der Waals surface area contributed by atoms with E-state index in [4.69, 9.17) is 21.4 Å². The molecular formula is C18H26ClN3O4. The number of morpholine rings is 1. The number of halogens is 1.